The topological polar surface area (TPSA) is 12.0 Å². The zero-order valence-corrected chi connectivity index (χ0v) is 11.1. The lowest BCUT2D eigenvalue weighted by atomic mass is 10.2. The highest BCUT2D eigenvalue weighted by Crippen LogP contribution is 2.10. The SMILES string of the molecule is C=CCSCCNCc1ccc(Br)cc1. The standard InChI is InChI=1S/C12H16BrNS/c1-2-8-15-9-7-14-10-11-3-5-12(13)6-4-11/h2-6,14H,1,7-10H2. The molecule has 1 aromatic carbocycles. The Morgan fingerprint density at radius 3 is 2.73 bits per heavy atom. The second kappa shape index (κ2) is 7.97. The van der Waals surface area contributed by atoms with Gasteiger partial charge >= 0.3 is 0 Å². The summed E-state index contributed by atoms with van der Waals surface area (Å²) >= 11 is 5.33. The van der Waals surface area contributed by atoms with Crippen LogP contribution in [0.4, 0.5) is 0 Å². The van der Waals surface area contributed by atoms with E-state index in [2.05, 4.69) is 52.1 Å². The summed E-state index contributed by atoms with van der Waals surface area (Å²) in [6, 6.07) is 8.41. The normalized spacial score (nSPS) is 10.2. The molecule has 1 nitrogen and oxygen atoms in total. The number of hydrogen-bond donors (Lipinski definition) is 1. The summed E-state index contributed by atoms with van der Waals surface area (Å²) < 4.78 is 1.13. The van der Waals surface area contributed by atoms with Gasteiger partial charge in [-0.15, -0.1) is 6.58 Å². The van der Waals surface area contributed by atoms with Crippen LogP contribution in [0.15, 0.2) is 41.4 Å². The van der Waals surface area contributed by atoms with E-state index in [-0.39, 0.29) is 0 Å². The van der Waals surface area contributed by atoms with Gasteiger partial charge in [-0.05, 0) is 17.7 Å². The minimum absolute atomic E-state index is 0.946. The first-order valence-corrected chi connectivity index (χ1v) is 6.91. The van der Waals surface area contributed by atoms with E-state index in [1.807, 2.05) is 17.8 Å². The van der Waals surface area contributed by atoms with Gasteiger partial charge in [-0.3, -0.25) is 0 Å². The maximum Gasteiger partial charge on any atom is 0.0205 e. The van der Waals surface area contributed by atoms with Gasteiger partial charge in [0.05, 0.1) is 0 Å². The van der Waals surface area contributed by atoms with E-state index in [0.717, 1.165) is 29.1 Å². The Morgan fingerprint density at radius 1 is 1.33 bits per heavy atom. The lowest BCUT2D eigenvalue weighted by molar-refractivity contribution is 0.732. The zero-order valence-electron chi connectivity index (χ0n) is 8.71. The number of nitrogens with one attached hydrogen (secondary N) is 1. The number of benzene rings is 1. The first-order chi connectivity index (χ1) is 7.33. The van der Waals surface area contributed by atoms with Gasteiger partial charge in [0.1, 0.15) is 0 Å². The molecule has 0 amide bonds. The molecular weight excluding hydrogens is 270 g/mol. The van der Waals surface area contributed by atoms with Crippen LogP contribution in [-0.4, -0.2) is 18.1 Å². The van der Waals surface area contributed by atoms with E-state index in [4.69, 9.17) is 0 Å². The molecule has 0 aliphatic heterocycles. The molecule has 0 saturated heterocycles. The highest BCUT2D eigenvalue weighted by atomic mass is 79.9. The molecule has 0 bridgehead atoms. The summed E-state index contributed by atoms with van der Waals surface area (Å²) in [7, 11) is 0. The minimum atomic E-state index is 0.946. The van der Waals surface area contributed by atoms with Crippen molar-refractivity contribution >= 4 is 27.7 Å². The Kier molecular flexibility index (Phi) is 6.81. The highest BCUT2D eigenvalue weighted by Gasteiger charge is 1.92. The Bertz CT molecular complexity index is 284. The molecule has 82 valence electrons. The number of rotatable bonds is 7. The van der Waals surface area contributed by atoms with Gasteiger partial charge in [0.25, 0.3) is 0 Å². The summed E-state index contributed by atoms with van der Waals surface area (Å²) in [4.78, 5) is 0. The molecule has 1 aromatic rings. The first-order valence-electron chi connectivity index (χ1n) is 4.96. The molecule has 3 heteroatoms. The van der Waals surface area contributed by atoms with Gasteiger partial charge in [0.15, 0.2) is 0 Å². The van der Waals surface area contributed by atoms with Crippen molar-refractivity contribution < 1.29 is 0 Å². The van der Waals surface area contributed by atoms with Crippen LogP contribution in [-0.2, 0) is 6.54 Å². The van der Waals surface area contributed by atoms with E-state index >= 15 is 0 Å². The molecule has 0 aromatic heterocycles. The van der Waals surface area contributed by atoms with Crippen molar-refractivity contribution in [3.05, 3.63) is 47.0 Å². The molecular formula is C12H16BrNS. The molecule has 0 fully saturated rings. The summed E-state index contributed by atoms with van der Waals surface area (Å²) in [6.07, 6.45) is 1.94. The van der Waals surface area contributed by atoms with Crippen LogP contribution >= 0.6 is 27.7 Å². The summed E-state index contributed by atoms with van der Waals surface area (Å²) in [5.41, 5.74) is 1.33. The summed E-state index contributed by atoms with van der Waals surface area (Å²) in [5, 5.41) is 3.41. The third kappa shape index (κ3) is 6.03. The second-order valence-electron chi connectivity index (χ2n) is 3.17. The van der Waals surface area contributed by atoms with Gasteiger partial charge in [0, 0.05) is 29.1 Å². The van der Waals surface area contributed by atoms with Gasteiger partial charge < -0.3 is 5.32 Å². The third-order valence-corrected chi connectivity index (χ3v) is 3.39. The highest BCUT2D eigenvalue weighted by molar-refractivity contribution is 9.10. The average molecular weight is 286 g/mol. The largest absolute Gasteiger partial charge is 0.312 e. The Hall–Kier alpha value is -0.250. The van der Waals surface area contributed by atoms with Crippen LogP contribution in [0.5, 0.6) is 0 Å². The van der Waals surface area contributed by atoms with E-state index in [1.54, 1.807) is 0 Å². The fourth-order valence-electron chi connectivity index (χ4n) is 1.15. The van der Waals surface area contributed by atoms with Crippen molar-refractivity contribution in [3.63, 3.8) is 0 Å². The molecule has 1 N–H and O–H groups in total. The van der Waals surface area contributed by atoms with E-state index < -0.39 is 0 Å². The van der Waals surface area contributed by atoms with E-state index in [0.29, 0.717) is 0 Å². The van der Waals surface area contributed by atoms with Crippen LogP contribution in [0.1, 0.15) is 5.56 Å². The minimum Gasteiger partial charge on any atom is -0.312 e. The van der Waals surface area contributed by atoms with Crippen molar-refractivity contribution in [1.29, 1.82) is 0 Å². The van der Waals surface area contributed by atoms with Gasteiger partial charge in [-0.25, -0.2) is 0 Å². The molecule has 0 spiro atoms. The smallest absolute Gasteiger partial charge is 0.0205 e. The Morgan fingerprint density at radius 2 is 2.07 bits per heavy atom. The molecule has 0 aliphatic carbocycles. The zero-order chi connectivity index (χ0) is 10.9. The maximum atomic E-state index is 3.69. The van der Waals surface area contributed by atoms with E-state index in [1.165, 1.54) is 5.56 Å². The molecule has 0 radical (unpaired) electrons. The molecule has 15 heavy (non-hydrogen) atoms. The molecule has 0 unspecified atom stereocenters. The van der Waals surface area contributed by atoms with Crippen molar-refractivity contribution in [2.24, 2.45) is 0 Å². The summed E-state index contributed by atoms with van der Waals surface area (Å²) in [6.45, 7) is 5.69. The number of thioether (sulfide) groups is 1. The predicted molar refractivity (Wildman–Crippen MR) is 73.4 cm³/mol. The quantitative estimate of drug-likeness (QED) is 0.608. The number of halogens is 1. The fraction of sp³-hybridized carbons (Fsp3) is 0.333. The average Bonchev–Trinajstić information content (AvgIpc) is 2.26. The maximum absolute atomic E-state index is 3.69. The van der Waals surface area contributed by atoms with Crippen molar-refractivity contribution in [2.45, 2.75) is 6.54 Å². The molecule has 0 atom stereocenters. The van der Waals surface area contributed by atoms with Crippen molar-refractivity contribution in [2.75, 3.05) is 18.1 Å². The molecule has 0 aliphatic rings. The Balaban J connectivity index is 2.09. The summed E-state index contributed by atoms with van der Waals surface area (Å²) in [5.74, 6) is 2.18. The lowest BCUT2D eigenvalue weighted by Gasteiger charge is -2.04. The molecule has 0 heterocycles. The third-order valence-electron chi connectivity index (χ3n) is 1.90. The Labute approximate surface area is 104 Å². The first kappa shape index (κ1) is 12.8. The van der Waals surface area contributed by atoms with Crippen LogP contribution in [0.2, 0.25) is 0 Å². The fourth-order valence-corrected chi connectivity index (χ4v) is 2.03. The monoisotopic (exact) mass is 285 g/mol. The van der Waals surface area contributed by atoms with Gasteiger partial charge in [-0.2, -0.15) is 11.8 Å². The van der Waals surface area contributed by atoms with Crippen LogP contribution in [0.25, 0.3) is 0 Å². The lowest BCUT2D eigenvalue weighted by Crippen LogP contribution is -2.16. The van der Waals surface area contributed by atoms with Crippen LogP contribution < -0.4 is 5.32 Å². The van der Waals surface area contributed by atoms with Crippen molar-refractivity contribution in [1.82, 2.24) is 5.32 Å². The predicted octanol–water partition coefficient (Wildman–Crippen LogP) is 3.46. The van der Waals surface area contributed by atoms with Crippen LogP contribution in [0.3, 0.4) is 0 Å². The van der Waals surface area contributed by atoms with Gasteiger partial charge in [-0.1, -0.05) is 34.1 Å². The number of hydrogen-bond acceptors (Lipinski definition) is 2. The molecule has 0 saturated carbocycles. The van der Waals surface area contributed by atoms with Gasteiger partial charge in [0.2, 0.25) is 0 Å². The molecule has 1 rings (SSSR count). The second-order valence-corrected chi connectivity index (χ2v) is 5.23. The van der Waals surface area contributed by atoms with Crippen molar-refractivity contribution in [3.8, 4) is 0 Å². The van der Waals surface area contributed by atoms with Crippen LogP contribution in [0, 0.1) is 0 Å². The van der Waals surface area contributed by atoms with E-state index in [9.17, 15) is 0 Å².